The number of aryl methyl sites for hydroxylation is 2. The van der Waals surface area contributed by atoms with Gasteiger partial charge < -0.3 is 28.8 Å². The molecule has 1 N–H and O–H groups in total. The number of nitrogens with one attached hydrogen (secondary N) is 1. The molecule has 40 heavy (non-hydrogen) atoms. The summed E-state index contributed by atoms with van der Waals surface area (Å²) in [5.41, 5.74) is 3.89. The Kier molecular flexibility index (Phi) is 10.3. The topological polar surface area (TPSA) is 83.8 Å². The smallest absolute Gasteiger partial charge is 0.251 e. The molecule has 1 amide bonds. The van der Waals surface area contributed by atoms with Crippen LogP contribution >= 0.6 is 0 Å². The summed E-state index contributed by atoms with van der Waals surface area (Å²) in [5.74, 6) is 3.14. The average Bonchev–Trinajstić information content (AvgIpc) is 3.35. The largest absolute Gasteiger partial charge is 0.493 e. The minimum atomic E-state index is -0.176. The summed E-state index contributed by atoms with van der Waals surface area (Å²) in [7, 11) is 4.60. The van der Waals surface area contributed by atoms with Crippen LogP contribution in [0.15, 0.2) is 60.7 Å². The van der Waals surface area contributed by atoms with Gasteiger partial charge >= 0.3 is 0 Å². The van der Waals surface area contributed by atoms with E-state index in [9.17, 15) is 4.79 Å². The van der Waals surface area contributed by atoms with Crippen LogP contribution < -0.4 is 24.3 Å². The molecule has 4 aromatic rings. The van der Waals surface area contributed by atoms with Crippen molar-refractivity contribution >= 4 is 16.9 Å². The lowest BCUT2D eigenvalue weighted by molar-refractivity contribution is 0.0952. The van der Waals surface area contributed by atoms with Gasteiger partial charge in [-0.25, -0.2) is 4.98 Å². The molecule has 1 aromatic heterocycles. The number of para-hydroxylation sites is 2. The number of nitrogens with zero attached hydrogens (tertiary/aromatic N) is 2. The fraction of sp³-hybridized carbons (Fsp3) is 0.375. The van der Waals surface area contributed by atoms with Gasteiger partial charge in [0.1, 0.15) is 18.2 Å². The number of benzene rings is 3. The Morgan fingerprint density at radius 1 is 0.900 bits per heavy atom. The first-order chi connectivity index (χ1) is 19.6. The number of methoxy groups -OCH3 is 3. The number of amides is 1. The molecule has 8 nitrogen and oxygen atoms in total. The number of hydrogen-bond donors (Lipinski definition) is 1. The highest BCUT2D eigenvalue weighted by molar-refractivity contribution is 5.95. The fourth-order valence-electron chi connectivity index (χ4n) is 4.74. The first-order valence-corrected chi connectivity index (χ1v) is 13.8. The highest BCUT2D eigenvalue weighted by Crippen LogP contribution is 2.38. The summed E-state index contributed by atoms with van der Waals surface area (Å²) < 4.78 is 24.3. The molecule has 1 heterocycles. The van der Waals surface area contributed by atoms with E-state index in [-0.39, 0.29) is 5.91 Å². The van der Waals surface area contributed by atoms with Gasteiger partial charge in [0.25, 0.3) is 5.91 Å². The second-order valence-electron chi connectivity index (χ2n) is 9.49. The number of carbonyl (C=O) groups is 1. The molecule has 212 valence electrons. The summed E-state index contributed by atoms with van der Waals surface area (Å²) in [6.07, 6.45) is 4.69. The van der Waals surface area contributed by atoms with Gasteiger partial charge in [0.15, 0.2) is 11.5 Å². The zero-order valence-corrected chi connectivity index (χ0v) is 23.9. The third-order valence-electron chi connectivity index (χ3n) is 6.94. The van der Waals surface area contributed by atoms with Gasteiger partial charge in [0, 0.05) is 18.5 Å². The molecule has 0 saturated carbocycles. The first kappa shape index (κ1) is 28.8. The van der Waals surface area contributed by atoms with Crippen molar-refractivity contribution in [1.29, 1.82) is 0 Å². The van der Waals surface area contributed by atoms with Crippen LogP contribution in [-0.4, -0.2) is 49.9 Å². The summed E-state index contributed by atoms with van der Waals surface area (Å²) in [6, 6.07) is 19.8. The van der Waals surface area contributed by atoms with Crippen molar-refractivity contribution in [2.24, 2.45) is 0 Å². The van der Waals surface area contributed by atoms with E-state index < -0.39 is 0 Å². The third-order valence-corrected chi connectivity index (χ3v) is 6.94. The highest BCUT2D eigenvalue weighted by atomic mass is 16.5. The highest BCUT2D eigenvalue weighted by Gasteiger charge is 2.17. The molecule has 0 aliphatic rings. The van der Waals surface area contributed by atoms with Gasteiger partial charge in [-0.05, 0) is 61.2 Å². The molecule has 3 aromatic carbocycles. The second kappa shape index (κ2) is 14.3. The van der Waals surface area contributed by atoms with Crippen LogP contribution in [0.5, 0.6) is 23.0 Å². The number of rotatable bonds is 15. The van der Waals surface area contributed by atoms with Crippen LogP contribution in [0, 0.1) is 0 Å². The quantitative estimate of drug-likeness (QED) is 0.189. The molecule has 4 rings (SSSR count). The Labute approximate surface area is 236 Å². The Morgan fingerprint density at radius 2 is 1.62 bits per heavy atom. The van der Waals surface area contributed by atoms with Crippen molar-refractivity contribution < 1.29 is 23.7 Å². The van der Waals surface area contributed by atoms with Crippen molar-refractivity contribution in [1.82, 2.24) is 14.9 Å². The van der Waals surface area contributed by atoms with Crippen molar-refractivity contribution in [3.05, 3.63) is 77.6 Å². The number of carbonyl (C=O) groups excluding carboxylic acids is 1. The van der Waals surface area contributed by atoms with E-state index >= 15 is 0 Å². The van der Waals surface area contributed by atoms with E-state index in [1.807, 2.05) is 24.3 Å². The number of imidazole rings is 1. The lowest BCUT2D eigenvalue weighted by Crippen LogP contribution is -2.24. The SMILES string of the molecule is CCc1ccc(OCCn2c(CCCCCNC(=O)c3cc(OC)c(OC)c(OC)c3)nc3ccccc32)cc1. The molecule has 0 aliphatic carbocycles. The van der Waals surface area contributed by atoms with Crippen LogP contribution in [0.2, 0.25) is 0 Å². The minimum Gasteiger partial charge on any atom is -0.493 e. The van der Waals surface area contributed by atoms with Gasteiger partial charge in [0.05, 0.1) is 38.9 Å². The monoisotopic (exact) mass is 545 g/mol. The molecule has 0 radical (unpaired) electrons. The van der Waals surface area contributed by atoms with Crippen LogP contribution in [0.3, 0.4) is 0 Å². The maximum atomic E-state index is 12.7. The van der Waals surface area contributed by atoms with E-state index in [0.717, 1.165) is 61.3 Å². The number of ether oxygens (including phenoxy) is 4. The Hall–Kier alpha value is -4.20. The Bertz CT molecular complexity index is 1370. The van der Waals surface area contributed by atoms with Crippen molar-refractivity contribution in [3.63, 3.8) is 0 Å². The van der Waals surface area contributed by atoms with Gasteiger partial charge in [-0.2, -0.15) is 0 Å². The number of fused-ring (bicyclic) bond motifs is 1. The molecular weight excluding hydrogens is 506 g/mol. The van der Waals surface area contributed by atoms with Gasteiger partial charge in [0.2, 0.25) is 5.75 Å². The first-order valence-electron chi connectivity index (χ1n) is 13.8. The molecule has 8 heteroatoms. The molecule has 0 fully saturated rings. The third kappa shape index (κ3) is 7.05. The van der Waals surface area contributed by atoms with E-state index in [2.05, 4.69) is 41.1 Å². The summed E-state index contributed by atoms with van der Waals surface area (Å²) in [6.45, 7) is 4.04. The summed E-state index contributed by atoms with van der Waals surface area (Å²) in [4.78, 5) is 17.6. The Morgan fingerprint density at radius 3 is 2.30 bits per heavy atom. The number of unbranched alkanes of at least 4 members (excludes halogenated alkanes) is 2. The standard InChI is InChI=1S/C32H39N3O5/c1-5-23-14-16-25(17-15-23)40-20-19-35-27-12-9-8-11-26(27)34-30(35)13-7-6-10-18-33-32(36)24-21-28(37-2)31(39-4)29(22-24)38-3/h8-9,11-12,14-17,21-22H,5-7,10,13,18-20H2,1-4H3,(H,33,36). The van der Waals surface area contributed by atoms with E-state index in [1.165, 1.54) is 26.9 Å². The normalized spacial score (nSPS) is 10.9. The zero-order valence-electron chi connectivity index (χ0n) is 23.9. The summed E-state index contributed by atoms with van der Waals surface area (Å²) >= 11 is 0. The molecule has 0 atom stereocenters. The van der Waals surface area contributed by atoms with E-state index in [4.69, 9.17) is 23.9 Å². The Balaban J connectivity index is 1.27. The zero-order chi connectivity index (χ0) is 28.3. The van der Waals surface area contributed by atoms with E-state index in [1.54, 1.807) is 12.1 Å². The average molecular weight is 546 g/mol. The summed E-state index contributed by atoms with van der Waals surface area (Å²) in [5, 5.41) is 2.99. The lowest BCUT2D eigenvalue weighted by Gasteiger charge is -2.14. The van der Waals surface area contributed by atoms with Gasteiger partial charge in [-0.3, -0.25) is 4.79 Å². The van der Waals surface area contributed by atoms with Gasteiger partial charge in [-0.1, -0.05) is 37.6 Å². The molecule has 0 aliphatic heterocycles. The van der Waals surface area contributed by atoms with Crippen molar-refractivity contribution in [2.45, 2.75) is 45.6 Å². The second-order valence-corrected chi connectivity index (χ2v) is 9.49. The predicted molar refractivity (Wildman–Crippen MR) is 157 cm³/mol. The molecule has 0 saturated heterocycles. The lowest BCUT2D eigenvalue weighted by atomic mass is 10.1. The van der Waals surface area contributed by atoms with Crippen LogP contribution in [0.4, 0.5) is 0 Å². The predicted octanol–water partition coefficient (Wildman–Crippen LogP) is 5.85. The maximum Gasteiger partial charge on any atom is 0.251 e. The van der Waals surface area contributed by atoms with Crippen LogP contribution in [0.1, 0.15) is 47.9 Å². The van der Waals surface area contributed by atoms with E-state index in [0.29, 0.717) is 36.0 Å². The van der Waals surface area contributed by atoms with Crippen molar-refractivity contribution in [2.75, 3.05) is 34.5 Å². The molecular formula is C32H39N3O5. The maximum absolute atomic E-state index is 12.7. The molecule has 0 spiro atoms. The minimum absolute atomic E-state index is 0.176. The fourth-order valence-corrected chi connectivity index (χ4v) is 4.74. The number of hydrogen-bond acceptors (Lipinski definition) is 6. The van der Waals surface area contributed by atoms with Crippen LogP contribution in [0.25, 0.3) is 11.0 Å². The van der Waals surface area contributed by atoms with Crippen molar-refractivity contribution in [3.8, 4) is 23.0 Å². The molecule has 0 bridgehead atoms. The van der Waals surface area contributed by atoms with Crippen LogP contribution in [-0.2, 0) is 19.4 Å². The van der Waals surface area contributed by atoms with Gasteiger partial charge in [-0.15, -0.1) is 0 Å². The molecule has 0 unspecified atom stereocenters. The number of aromatic nitrogens is 2.